The van der Waals surface area contributed by atoms with E-state index in [0.717, 1.165) is 31.7 Å². The Kier molecular flexibility index (Phi) is 7.79. The van der Waals surface area contributed by atoms with Crippen LogP contribution in [0.2, 0.25) is 10.0 Å². The van der Waals surface area contributed by atoms with Gasteiger partial charge in [0.25, 0.3) is 10.0 Å². The zero-order chi connectivity index (χ0) is 28.6. The molecule has 10 heteroatoms. The summed E-state index contributed by atoms with van der Waals surface area (Å²) in [7, 11) is -4.12. The van der Waals surface area contributed by atoms with Crippen molar-refractivity contribution in [2.75, 3.05) is 16.2 Å². The molecule has 0 fully saturated rings. The fourth-order valence-corrected chi connectivity index (χ4v) is 6.72. The minimum absolute atomic E-state index is 0.0732. The van der Waals surface area contributed by atoms with Crippen molar-refractivity contribution in [2.24, 2.45) is 0 Å². The van der Waals surface area contributed by atoms with Gasteiger partial charge in [-0.2, -0.15) is 0 Å². The quantitative estimate of drug-likeness (QED) is 0.211. The van der Waals surface area contributed by atoms with Crippen LogP contribution in [0.4, 0.5) is 11.4 Å². The maximum absolute atomic E-state index is 14.0. The Morgan fingerprint density at radius 3 is 2.08 bits per heavy atom. The fourth-order valence-electron chi connectivity index (χ4n) is 4.85. The Bertz CT molecular complexity index is 1780. The Morgan fingerprint density at radius 1 is 0.925 bits per heavy atom. The summed E-state index contributed by atoms with van der Waals surface area (Å²) in [4.78, 5) is 12.0. The van der Waals surface area contributed by atoms with Crippen molar-refractivity contribution < 1.29 is 18.3 Å². The summed E-state index contributed by atoms with van der Waals surface area (Å²) < 4.78 is 31.0. The lowest BCUT2D eigenvalue weighted by Gasteiger charge is -2.29. The Morgan fingerprint density at radius 2 is 1.50 bits per heavy atom. The number of nitrogens with zero attached hydrogens (tertiary/aromatic N) is 2. The van der Waals surface area contributed by atoms with E-state index in [0.29, 0.717) is 15.7 Å². The number of para-hydroxylation sites is 2. The lowest BCUT2D eigenvalue weighted by molar-refractivity contribution is -0.114. The fraction of sp³-hybridized carbons (Fsp3) is 0.167. The SMILES string of the molecule is CC(=O)Nc1ccccc1N(C[C@H](O)Cn1c2ccc(Cl)cc2c2cc(Cl)ccc21)S(=O)(=O)c1ccc(C)cc1. The van der Waals surface area contributed by atoms with Gasteiger partial charge in [-0.1, -0.05) is 53.0 Å². The number of rotatable bonds is 8. The molecular weight excluding hydrogens is 569 g/mol. The van der Waals surface area contributed by atoms with Gasteiger partial charge in [0, 0.05) is 38.8 Å². The van der Waals surface area contributed by atoms with Gasteiger partial charge in [-0.05, 0) is 67.6 Å². The van der Waals surface area contributed by atoms with Crippen molar-refractivity contribution in [1.82, 2.24) is 4.57 Å². The maximum Gasteiger partial charge on any atom is 0.264 e. The molecule has 0 radical (unpaired) electrons. The van der Waals surface area contributed by atoms with Gasteiger partial charge in [-0.25, -0.2) is 8.42 Å². The second kappa shape index (κ2) is 11.1. The van der Waals surface area contributed by atoms with Crippen LogP contribution in [-0.4, -0.2) is 36.6 Å². The molecular formula is C30H27Cl2N3O4S. The lowest BCUT2D eigenvalue weighted by Crippen LogP contribution is -2.39. The van der Waals surface area contributed by atoms with E-state index in [1.54, 1.807) is 48.5 Å². The number of fused-ring (bicyclic) bond motifs is 3. The number of carbonyl (C=O) groups excluding carboxylic acids is 1. The van der Waals surface area contributed by atoms with Crippen LogP contribution in [0.1, 0.15) is 12.5 Å². The van der Waals surface area contributed by atoms with E-state index in [1.807, 2.05) is 35.8 Å². The largest absolute Gasteiger partial charge is 0.389 e. The normalized spacial score (nSPS) is 12.5. The molecule has 5 rings (SSSR count). The monoisotopic (exact) mass is 595 g/mol. The third-order valence-corrected chi connectivity index (χ3v) is 8.92. The average molecular weight is 597 g/mol. The molecule has 7 nitrogen and oxygen atoms in total. The number of sulfonamides is 1. The molecule has 1 atom stereocenters. The van der Waals surface area contributed by atoms with Gasteiger partial charge in [0.05, 0.1) is 35.5 Å². The highest BCUT2D eigenvalue weighted by atomic mass is 35.5. The molecule has 0 saturated carbocycles. The first kappa shape index (κ1) is 28.0. The van der Waals surface area contributed by atoms with Crippen LogP contribution in [0.5, 0.6) is 0 Å². The first-order chi connectivity index (χ1) is 19.0. The molecule has 1 amide bonds. The third kappa shape index (κ3) is 5.53. The Balaban J connectivity index is 1.58. The molecule has 0 aliphatic heterocycles. The van der Waals surface area contributed by atoms with E-state index in [4.69, 9.17) is 23.2 Å². The van der Waals surface area contributed by atoms with Crippen LogP contribution in [0, 0.1) is 6.92 Å². The molecule has 0 saturated heterocycles. The molecule has 0 aliphatic carbocycles. The highest BCUT2D eigenvalue weighted by Crippen LogP contribution is 2.34. The number of aryl methyl sites for hydroxylation is 1. The van der Waals surface area contributed by atoms with Gasteiger partial charge in [0.2, 0.25) is 5.91 Å². The second-order valence-electron chi connectivity index (χ2n) is 9.63. The first-order valence-corrected chi connectivity index (χ1v) is 14.8. The third-order valence-electron chi connectivity index (χ3n) is 6.65. The van der Waals surface area contributed by atoms with E-state index in [-0.39, 0.29) is 29.6 Å². The molecule has 1 aromatic heterocycles. The number of aromatic nitrogens is 1. The van der Waals surface area contributed by atoms with Gasteiger partial charge < -0.3 is 15.0 Å². The Labute approximate surface area is 242 Å². The highest BCUT2D eigenvalue weighted by molar-refractivity contribution is 7.92. The molecule has 206 valence electrons. The predicted molar refractivity (Wildman–Crippen MR) is 162 cm³/mol. The van der Waals surface area contributed by atoms with Crippen LogP contribution in [0.15, 0.2) is 89.8 Å². The minimum atomic E-state index is -4.12. The number of aliphatic hydroxyl groups excluding tert-OH is 1. The van der Waals surface area contributed by atoms with Crippen molar-refractivity contribution >= 4 is 72.3 Å². The number of hydrogen-bond acceptors (Lipinski definition) is 4. The van der Waals surface area contributed by atoms with Gasteiger partial charge in [-0.15, -0.1) is 0 Å². The minimum Gasteiger partial charge on any atom is -0.389 e. The molecule has 1 heterocycles. The van der Waals surface area contributed by atoms with E-state index in [9.17, 15) is 18.3 Å². The molecule has 0 bridgehead atoms. The Hall–Kier alpha value is -3.56. The van der Waals surface area contributed by atoms with Gasteiger partial charge >= 0.3 is 0 Å². The van der Waals surface area contributed by atoms with E-state index in [2.05, 4.69) is 5.32 Å². The molecule has 4 aromatic carbocycles. The van der Waals surface area contributed by atoms with Crippen LogP contribution in [0.3, 0.4) is 0 Å². The maximum atomic E-state index is 14.0. The number of carbonyl (C=O) groups is 1. The number of hydrogen-bond donors (Lipinski definition) is 2. The van der Waals surface area contributed by atoms with Crippen LogP contribution in [0.25, 0.3) is 21.8 Å². The van der Waals surface area contributed by atoms with Crippen molar-refractivity contribution in [1.29, 1.82) is 0 Å². The summed E-state index contributed by atoms with van der Waals surface area (Å²) in [6.45, 7) is 3.04. The summed E-state index contributed by atoms with van der Waals surface area (Å²) in [5.74, 6) is -0.344. The number of amides is 1. The lowest BCUT2D eigenvalue weighted by atomic mass is 10.1. The van der Waals surface area contributed by atoms with E-state index < -0.39 is 16.1 Å². The van der Waals surface area contributed by atoms with Crippen molar-refractivity contribution in [3.05, 3.63) is 101 Å². The van der Waals surface area contributed by atoms with Crippen LogP contribution < -0.4 is 9.62 Å². The molecule has 5 aromatic rings. The molecule has 0 spiro atoms. The number of halogens is 2. The number of benzene rings is 4. The molecule has 0 aliphatic rings. The van der Waals surface area contributed by atoms with Gasteiger partial charge in [0.15, 0.2) is 0 Å². The zero-order valence-electron chi connectivity index (χ0n) is 21.8. The summed E-state index contributed by atoms with van der Waals surface area (Å²) >= 11 is 12.6. The van der Waals surface area contributed by atoms with Crippen LogP contribution >= 0.6 is 23.2 Å². The van der Waals surface area contributed by atoms with Gasteiger partial charge in [0.1, 0.15) is 0 Å². The number of anilines is 2. The van der Waals surface area contributed by atoms with Crippen molar-refractivity contribution in [3.8, 4) is 0 Å². The van der Waals surface area contributed by atoms with E-state index in [1.165, 1.54) is 19.1 Å². The molecule has 2 N–H and O–H groups in total. The second-order valence-corrected chi connectivity index (χ2v) is 12.4. The van der Waals surface area contributed by atoms with Crippen molar-refractivity contribution in [2.45, 2.75) is 31.4 Å². The standard InChI is InChI=1S/C30H27Cl2N3O4S/c1-19-7-11-24(12-8-19)40(38,39)35(30-6-4-3-5-27(30)33-20(2)36)18-23(37)17-34-28-13-9-21(31)15-25(28)26-16-22(32)10-14-29(26)34/h3-16,23,37H,17-18H2,1-2H3,(H,33,36)/t23-/m1/s1. The van der Waals surface area contributed by atoms with Crippen molar-refractivity contribution in [3.63, 3.8) is 0 Å². The topological polar surface area (TPSA) is 91.6 Å². The van der Waals surface area contributed by atoms with E-state index >= 15 is 0 Å². The predicted octanol–water partition coefficient (Wildman–Crippen LogP) is 6.62. The highest BCUT2D eigenvalue weighted by Gasteiger charge is 2.29. The first-order valence-electron chi connectivity index (χ1n) is 12.6. The zero-order valence-corrected chi connectivity index (χ0v) is 24.1. The number of aliphatic hydroxyl groups is 1. The molecule has 0 unspecified atom stereocenters. The average Bonchev–Trinajstić information content (AvgIpc) is 3.19. The molecule has 40 heavy (non-hydrogen) atoms. The summed E-state index contributed by atoms with van der Waals surface area (Å²) in [6.07, 6.45) is -1.13. The smallest absolute Gasteiger partial charge is 0.264 e. The summed E-state index contributed by atoms with van der Waals surface area (Å²) in [5, 5.41) is 17.0. The number of nitrogens with one attached hydrogen (secondary N) is 1. The van der Waals surface area contributed by atoms with Crippen LogP contribution in [-0.2, 0) is 21.4 Å². The van der Waals surface area contributed by atoms with Gasteiger partial charge in [-0.3, -0.25) is 9.10 Å². The summed E-state index contributed by atoms with van der Waals surface area (Å²) in [6, 6.07) is 24.1. The summed E-state index contributed by atoms with van der Waals surface area (Å²) in [5.41, 5.74) is 3.13.